The van der Waals surface area contributed by atoms with Crippen LogP contribution in [-0.4, -0.2) is 97.1 Å². The third-order valence-electron chi connectivity index (χ3n) is 6.44. The predicted octanol–water partition coefficient (Wildman–Crippen LogP) is 1.56. The lowest BCUT2D eigenvalue weighted by atomic mass is 10.2. The van der Waals surface area contributed by atoms with Gasteiger partial charge in [0, 0.05) is 37.8 Å². The van der Waals surface area contributed by atoms with E-state index in [2.05, 4.69) is 15.3 Å². The lowest BCUT2D eigenvalue weighted by Gasteiger charge is -2.35. The normalized spacial score (nSPS) is 17.2. The molecule has 1 saturated heterocycles. The van der Waals surface area contributed by atoms with E-state index in [0.717, 1.165) is 30.6 Å². The fourth-order valence-corrected chi connectivity index (χ4v) is 5.21. The Hall–Kier alpha value is -3.54. The van der Waals surface area contributed by atoms with Crippen LogP contribution in [0.3, 0.4) is 0 Å². The number of rotatable bonds is 8. The van der Waals surface area contributed by atoms with Gasteiger partial charge in [-0.2, -0.15) is 4.98 Å². The Bertz CT molecular complexity index is 1210. The molecule has 1 unspecified atom stereocenters. The van der Waals surface area contributed by atoms with Gasteiger partial charge in [0.25, 0.3) is 5.91 Å². The minimum atomic E-state index is -4.71. The molecule has 2 aromatic rings. The molecule has 1 aromatic heterocycles. The molecule has 0 radical (unpaired) electrons. The third kappa shape index (κ3) is 7.27. The zero-order valence-corrected chi connectivity index (χ0v) is 21.5. The lowest BCUT2D eigenvalue weighted by molar-refractivity contribution is -0.134. The first-order valence-electron chi connectivity index (χ1n) is 12.3. The number of aromatic nitrogens is 2. The van der Waals surface area contributed by atoms with Crippen molar-refractivity contribution in [1.29, 1.82) is 0 Å². The number of carbonyl (C=O) groups is 3. The monoisotopic (exact) mass is 547 g/mol. The molecule has 38 heavy (non-hydrogen) atoms. The molecule has 1 aliphatic heterocycles. The molecular formula is C24H30N5O8P. The van der Waals surface area contributed by atoms with Crippen molar-refractivity contribution >= 4 is 25.5 Å². The number of ether oxygens (including phenoxy) is 1. The Morgan fingerprint density at radius 2 is 1.66 bits per heavy atom. The van der Waals surface area contributed by atoms with Gasteiger partial charge in [-0.25, -0.2) is 9.78 Å². The molecule has 4 N–H and O–H groups in total. The maximum Gasteiger partial charge on any atom is 0.407 e. The van der Waals surface area contributed by atoms with Crippen LogP contribution in [0.25, 0.3) is 11.4 Å². The second-order valence-electron chi connectivity index (χ2n) is 9.27. The topological polar surface area (TPSA) is 182 Å². The van der Waals surface area contributed by atoms with Gasteiger partial charge in [0.15, 0.2) is 5.82 Å². The van der Waals surface area contributed by atoms with E-state index in [1.807, 2.05) is 6.07 Å². The molecular weight excluding hydrogens is 517 g/mol. The smallest absolute Gasteiger partial charge is 0.407 e. The Labute approximate surface area is 219 Å². The Morgan fingerprint density at radius 1 is 1.03 bits per heavy atom. The summed E-state index contributed by atoms with van der Waals surface area (Å²) in [5, 5.41) is 11.5. The van der Waals surface area contributed by atoms with Crippen molar-refractivity contribution in [1.82, 2.24) is 25.1 Å². The molecule has 2 fully saturated rings. The number of hydrogen-bond acceptors (Lipinski definition) is 7. The summed E-state index contributed by atoms with van der Waals surface area (Å²) >= 11 is 0. The fraction of sp³-hybridized carbons (Fsp3) is 0.458. The van der Waals surface area contributed by atoms with Crippen LogP contribution in [0.15, 0.2) is 36.4 Å². The average Bonchev–Trinajstić information content (AvgIpc) is 3.40. The summed E-state index contributed by atoms with van der Waals surface area (Å²) in [4.78, 5) is 68.0. The summed E-state index contributed by atoms with van der Waals surface area (Å²) in [6, 6.07) is 8.76. The number of amides is 3. The highest BCUT2D eigenvalue weighted by molar-refractivity contribution is 7.51. The van der Waals surface area contributed by atoms with E-state index in [0.29, 0.717) is 5.56 Å². The Kier molecular flexibility index (Phi) is 8.60. The minimum Gasteiger partial charge on any atom is -0.474 e. The maximum atomic E-state index is 13.3. The number of benzene rings is 1. The van der Waals surface area contributed by atoms with E-state index in [4.69, 9.17) is 9.84 Å². The average molecular weight is 548 g/mol. The van der Waals surface area contributed by atoms with Gasteiger partial charge in [-0.3, -0.25) is 14.2 Å². The molecule has 0 spiro atoms. The summed E-state index contributed by atoms with van der Waals surface area (Å²) in [6.07, 6.45) is 1.70. The van der Waals surface area contributed by atoms with Gasteiger partial charge in [-0.05, 0) is 25.7 Å². The third-order valence-corrected chi connectivity index (χ3v) is 7.28. The highest BCUT2D eigenvalue weighted by Gasteiger charge is 2.35. The van der Waals surface area contributed by atoms with E-state index in [-0.39, 0.29) is 49.7 Å². The number of hydrogen-bond donors (Lipinski definition) is 4. The van der Waals surface area contributed by atoms with Gasteiger partial charge in [-0.15, -0.1) is 0 Å². The number of carbonyl (C=O) groups excluding carboxylic acids is 2. The van der Waals surface area contributed by atoms with E-state index in [1.165, 1.54) is 11.0 Å². The summed E-state index contributed by atoms with van der Waals surface area (Å²) in [6.45, 7) is 0.158. The zero-order valence-electron chi connectivity index (χ0n) is 20.6. The first-order valence-corrected chi connectivity index (χ1v) is 14.1. The highest BCUT2D eigenvalue weighted by Crippen LogP contribution is 2.35. The number of nitrogens with zero attached hydrogens (tertiary/aromatic N) is 4. The molecule has 1 saturated carbocycles. The van der Waals surface area contributed by atoms with Gasteiger partial charge in [0.1, 0.15) is 17.8 Å². The van der Waals surface area contributed by atoms with Crippen molar-refractivity contribution in [2.24, 2.45) is 0 Å². The highest BCUT2D eigenvalue weighted by atomic mass is 31.2. The predicted molar refractivity (Wildman–Crippen MR) is 135 cm³/mol. The molecule has 0 bridgehead atoms. The van der Waals surface area contributed by atoms with Crippen molar-refractivity contribution in [3.63, 3.8) is 0 Å². The molecule has 3 amide bonds. The van der Waals surface area contributed by atoms with E-state index in [9.17, 15) is 28.7 Å². The van der Waals surface area contributed by atoms with Crippen molar-refractivity contribution in [2.45, 2.75) is 37.8 Å². The molecule has 1 aliphatic carbocycles. The molecule has 2 aliphatic rings. The number of piperazine rings is 1. The molecule has 1 aromatic carbocycles. The van der Waals surface area contributed by atoms with Gasteiger partial charge < -0.3 is 34.7 Å². The molecule has 13 nitrogen and oxygen atoms in total. The summed E-state index contributed by atoms with van der Waals surface area (Å²) in [5.74, 6) is -1.12. The van der Waals surface area contributed by atoms with Crippen LogP contribution < -0.4 is 10.1 Å². The Morgan fingerprint density at radius 3 is 2.26 bits per heavy atom. The van der Waals surface area contributed by atoms with Crippen LogP contribution >= 0.6 is 7.60 Å². The molecule has 204 valence electrons. The minimum absolute atomic E-state index is 0.0314. The lowest BCUT2D eigenvalue weighted by Crippen LogP contribution is -2.56. The second kappa shape index (κ2) is 11.9. The van der Waals surface area contributed by atoms with E-state index >= 15 is 0 Å². The SMILES string of the molecule is O=C(NC(CP(=O)(O)O)C(=O)N1CCN(C(=O)O)CC1)c1cc(OC2CCCC2)nc(-c2ccccc2)n1. The Balaban J connectivity index is 1.57. The second-order valence-corrected chi connectivity index (χ2v) is 11.0. The first-order chi connectivity index (χ1) is 18.1. The van der Waals surface area contributed by atoms with Crippen molar-refractivity contribution in [3.05, 3.63) is 42.1 Å². The van der Waals surface area contributed by atoms with E-state index in [1.54, 1.807) is 24.3 Å². The van der Waals surface area contributed by atoms with Crippen molar-refractivity contribution in [3.8, 4) is 17.3 Å². The quantitative estimate of drug-likeness (QED) is 0.354. The zero-order chi connectivity index (χ0) is 27.3. The summed E-state index contributed by atoms with van der Waals surface area (Å²) < 4.78 is 17.8. The number of nitrogens with one attached hydrogen (secondary N) is 1. The summed E-state index contributed by atoms with van der Waals surface area (Å²) in [5.41, 5.74) is 0.517. The maximum absolute atomic E-state index is 13.3. The molecule has 1 atom stereocenters. The van der Waals surface area contributed by atoms with Crippen LogP contribution in [0.5, 0.6) is 5.88 Å². The largest absolute Gasteiger partial charge is 0.474 e. The van der Waals surface area contributed by atoms with Crippen LogP contribution in [-0.2, 0) is 9.36 Å². The van der Waals surface area contributed by atoms with Gasteiger partial charge in [0.2, 0.25) is 11.8 Å². The standard InChI is InChI=1S/C24H30N5O8P/c30-22(26-19(15-38(34,35)36)23(31)28-10-12-29(13-11-28)24(32)33)18-14-20(37-17-8-4-5-9-17)27-21(25-18)16-6-2-1-3-7-16/h1-3,6-7,14,17,19H,4-5,8-13,15H2,(H,26,30)(H,32,33)(H2,34,35,36). The van der Waals surface area contributed by atoms with Gasteiger partial charge >= 0.3 is 13.7 Å². The van der Waals surface area contributed by atoms with Crippen molar-refractivity contribution < 1.29 is 38.6 Å². The van der Waals surface area contributed by atoms with Gasteiger partial charge in [0.05, 0.1) is 6.16 Å². The molecule has 14 heteroatoms. The number of carboxylic acid groups (broad SMARTS) is 1. The van der Waals surface area contributed by atoms with Crippen LogP contribution in [0.2, 0.25) is 0 Å². The van der Waals surface area contributed by atoms with Crippen molar-refractivity contribution in [2.75, 3.05) is 32.3 Å². The fourth-order valence-electron chi connectivity index (χ4n) is 4.49. The summed E-state index contributed by atoms with van der Waals surface area (Å²) in [7, 11) is -4.71. The van der Waals surface area contributed by atoms with Crippen LogP contribution in [0.4, 0.5) is 4.79 Å². The molecule has 4 rings (SSSR count). The van der Waals surface area contributed by atoms with Gasteiger partial charge in [-0.1, -0.05) is 30.3 Å². The molecule has 2 heterocycles. The van der Waals surface area contributed by atoms with Crippen LogP contribution in [0.1, 0.15) is 36.2 Å². The van der Waals surface area contributed by atoms with E-state index < -0.39 is 37.7 Å². The first kappa shape index (κ1) is 27.5. The van der Waals surface area contributed by atoms with Crippen LogP contribution in [0, 0.1) is 0 Å².